The van der Waals surface area contributed by atoms with Crippen molar-refractivity contribution in [3.8, 4) is 11.3 Å². The summed E-state index contributed by atoms with van der Waals surface area (Å²) >= 11 is 4.96. The number of carbonyl (C=O) groups excluding carboxylic acids is 1. The van der Waals surface area contributed by atoms with Gasteiger partial charge in [0.15, 0.2) is 5.13 Å². The minimum atomic E-state index is 0. The van der Waals surface area contributed by atoms with Gasteiger partial charge in [0.2, 0.25) is 5.91 Å². The lowest BCUT2D eigenvalue weighted by atomic mass is 10.1. The SMILES string of the molecule is Cc1sc(NC(=O)CC2CCCN2)nc1-c1ccc(Br)cc1.Cl. The predicted molar refractivity (Wildman–Crippen MR) is 102 cm³/mol. The number of thiazole rings is 1. The van der Waals surface area contributed by atoms with Gasteiger partial charge < -0.3 is 10.6 Å². The maximum Gasteiger partial charge on any atom is 0.227 e. The summed E-state index contributed by atoms with van der Waals surface area (Å²) in [5, 5.41) is 6.95. The van der Waals surface area contributed by atoms with Gasteiger partial charge >= 0.3 is 0 Å². The Morgan fingerprint density at radius 1 is 1.43 bits per heavy atom. The Kier molecular flexibility index (Phi) is 6.59. The third-order valence-corrected chi connectivity index (χ3v) is 5.17. The van der Waals surface area contributed by atoms with Crippen molar-refractivity contribution in [2.45, 2.75) is 32.2 Å². The average molecular weight is 417 g/mol. The summed E-state index contributed by atoms with van der Waals surface area (Å²) in [6.45, 7) is 3.05. The monoisotopic (exact) mass is 415 g/mol. The summed E-state index contributed by atoms with van der Waals surface area (Å²) in [5.41, 5.74) is 2.00. The molecule has 0 aliphatic carbocycles. The average Bonchev–Trinajstić information content (AvgIpc) is 3.10. The highest BCUT2D eigenvalue weighted by atomic mass is 79.9. The lowest BCUT2D eigenvalue weighted by molar-refractivity contribution is -0.116. The lowest BCUT2D eigenvalue weighted by Gasteiger charge is -2.08. The van der Waals surface area contributed by atoms with E-state index in [2.05, 4.69) is 31.5 Å². The van der Waals surface area contributed by atoms with E-state index in [-0.39, 0.29) is 18.3 Å². The van der Waals surface area contributed by atoms with Crippen molar-refractivity contribution in [2.75, 3.05) is 11.9 Å². The molecule has 1 aromatic carbocycles. The van der Waals surface area contributed by atoms with E-state index >= 15 is 0 Å². The molecule has 1 atom stereocenters. The fraction of sp³-hybridized carbons (Fsp3) is 0.375. The first kappa shape index (κ1) is 18.4. The molecule has 0 radical (unpaired) electrons. The van der Waals surface area contributed by atoms with Crippen molar-refractivity contribution >= 4 is 50.7 Å². The van der Waals surface area contributed by atoms with Crippen LogP contribution >= 0.6 is 39.7 Å². The van der Waals surface area contributed by atoms with Crippen molar-refractivity contribution in [1.29, 1.82) is 0 Å². The molecule has 1 saturated heterocycles. The number of aryl methyl sites for hydroxylation is 1. The molecule has 1 fully saturated rings. The number of hydrogen-bond acceptors (Lipinski definition) is 4. The van der Waals surface area contributed by atoms with E-state index in [1.165, 1.54) is 11.3 Å². The van der Waals surface area contributed by atoms with Crippen LogP contribution in [0.4, 0.5) is 5.13 Å². The van der Waals surface area contributed by atoms with E-state index in [1.54, 1.807) is 0 Å². The molecule has 2 heterocycles. The number of amides is 1. The molecule has 1 aliphatic rings. The van der Waals surface area contributed by atoms with Gasteiger partial charge in [-0.15, -0.1) is 23.7 Å². The van der Waals surface area contributed by atoms with Gasteiger partial charge in [0, 0.05) is 27.4 Å². The fourth-order valence-electron chi connectivity index (χ4n) is 2.65. The standard InChI is InChI=1S/C16H18BrN3OS.ClH/c1-10-15(11-4-6-12(17)7-5-11)20-16(22-10)19-14(21)9-13-3-2-8-18-13;/h4-7,13,18H,2-3,8-9H2,1H3,(H,19,20,21);1H. The van der Waals surface area contributed by atoms with Gasteiger partial charge in [-0.25, -0.2) is 4.98 Å². The zero-order chi connectivity index (χ0) is 15.5. The van der Waals surface area contributed by atoms with Gasteiger partial charge in [-0.05, 0) is 38.4 Å². The van der Waals surface area contributed by atoms with Crippen LogP contribution in [-0.2, 0) is 4.79 Å². The molecular weight excluding hydrogens is 398 g/mol. The first-order chi connectivity index (χ1) is 10.6. The molecule has 0 spiro atoms. The van der Waals surface area contributed by atoms with E-state index in [9.17, 15) is 4.79 Å². The summed E-state index contributed by atoms with van der Waals surface area (Å²) < 4.78 is 1.04. The molecular formula is C16H19BrClN3OS. The molecule has 124 valence electrons. The van der Waals surface area contributed by atoms with Gasteiger partial charge in [0.1, 0.15) is 0 Å². The third kappa shape index (κ3) is 4.76. The first-order valence-corrected chi connectivity index (χ1v) is 8.99. The zero-order valence-corrected chi connectivity index (χ0v) is 16.0. The number of carbonyl (C=O) groups is 1. The normalized spacial score (nSPS) is 16.9. The Labute approximate surface area is 154 Å². The number of benzene rings is 1. The smallest absolute Gasteiger partial charge is 0.227 e. The van der Waals surface area contributed by atoms with Crippen LogP contribution in [-0.4, -0.2) is 23.5 Å². The Morgan fingerprint density at radius 2 is 2.17 bits per heavy atom. The maximum atomic E-state index is 12.1. The molecule has 3 rings (SSSR count). The summed E-state index contributed by atoms with van der Waals surface area (Å²) in [4.78, 5) is 17.8. The Bertz CT molecular complexity index is 668. The third-order valence-electron chi connectivity index (χ3n) is 3.75. The number of nitrogens with zero attached hydrogens (tertiary/aromatic N) is 1. The van der Waals surface area contributed by atoms with Gasteiger partial charge in [0.25, 0.3) is 0 Å². The van der Waals surface area contributed by atoms with Crippen molar-refractivity contribution in [3.05, 3.63) is 33.6 Å². The molecule has 1 aliphatic heterocycles. The first-order valence-electron chi connectivity index (χ1n) is 7.38. The highest BCUT2D eigenvalue weighted by Crippen LogP contribution is 2.31. The minimum Gasteiger partial charge on any atom is -0.313 e. The molecule has 23 heavy (non-hydrogen) atoms. The fourth-order valence-corrected chi connectivity index (χ4v) is 3.77. The van der Waals surface area contributed by atoms with Crippen molar-refractivity contribution in [2.24, 2.45) is 0 Å². The number of hydrogen-bond donors (Lipinski definition) is 2. The predicted octanol–water partition coefficient (Wildman–Crippen LogP) is 4.38. The van der Waals surface area contributed by atoms with Crippen molar-refractivity contribution < 1.29 is 4.79 Å². The second kappa shape index (κ2) is 8.24. The number of nitrogens with one attached hydrogen (secondary N) is 2. The summed E-state index contributed by atoms with van der Waals surface area (Å²) in [6.07, 6.45) is 2.75. The summed E-state index contributed by atoms with van der Waals surface area (Å²) in [6, 6.07) is 8.36. The second-order valence-electron chi connectivity index (χ2n) is 5.48. The van der Waals surface area contributed by atoms with Gasteiger partial charge in [-0.3, -0.25) is 4.79 Å². The van der Waals surface area contributed by atoms with Crippen LogP contribution in [0.15, 0.2) is 28.7 Å². The number of anilines is 1. The van der Waals surface area contributed by atoms with Gasteiger partial charge in [0.05, 0.1) is 5.69 Å². The van der Waals surface area contributed by atoms with Crippen LogP contribution in [0.1, 0.15) is 24.1 Å². The minimum absolute atomic E-state index is 0. The highest BCUT2D eigenvalue weighted by molar-refractivity contribution is 9.10. The molecule has 0 saturated carbocycles. The van der Waals surface area contributed by atoms with E-state index in [4.69, 9.17) is 0 Å². The Hall–Kier alpha value is -0.950. The molecule has 2 aromatic rings. The van der Waals surface area contributed by atoms with Gasteiger partial charge in [-0.1, -0.05) is 28.1 Å². The topological polar surface area (TPSA) is 54.0 Å². The van der Waals surface area contributed by atoms with Crippen molar-refractivity contribution in [1.82, 2.24) is 10.3 Å². The van der Waals surface area contributed by atoms with E-state index in [0.717, 1.165) is 40.0 Å². The molecule has 2 N–H and O–H groups in total. The largest absolute Gasteiger partial charge is 0.313 e. The maximum absolute atomic E-state index is 12.1. The molecule has 0 bridgehead atoms. The molecule has 1 aromatic heterocycles. The van der Waals surface area contributed by atoms with Gasteiger partial charge in [-0.2, -0.15) is 0 Å². The van der Waals surface area contributed by atoms with Crippen molar-refractivity contribution in [3.63, 3.8) is 0 Å². The summed E-state index contributed by atoms with van der Waals surface area (Å²) in [7, 11) is 0. The van der Waals surface area contributed by atoms with Crippen LogP contribution in [0, 0.1) is 6.92 Å². The molecule has 4 nitrogen and oxygen atoms in total. The van der Waals surface area contributed by atoms with Crippen LogP contribution in [0.3, 0.4) is 0 Å². The molecule has 1 amide bonds. The number of halogens is 2. The zero-order valence-electron chi connectivity index (χ0n) is 12.8. The Balaban J connectivity index is 0.00000192. The highest BCUT2D eigenvalue weighted by Gasteiger charge is 2.19. The summed E-state index contributed by atoms with van der Waals surface area (Å²) in [5.74, 6) is 0.0375. The molecule has 1 unspecified atom stereocenters. The van der Waals surface area contributed by atoms with Crippen LogP contribution in [0.2, 0.25) is 0 Å². The lowest BCUT2D eigenvalue weighted by Crippen LogP contribution is -2.27. The Morgan fingerprint density at radius 3 is 2.83 bits per heavy atom. The van der Waals surface area contributed by atoms with Crippen LogP contribution in [0.5, 0.6) is 0 Å². The van der Waals surface area contributed by atoms with E-state index in [0.29, 0.717) is 17.6 Å². The number of rotatable bonds is 4. The quantitative estimate of drug-likeness (QED) is 0.777. The van der Waals surface area contributed by atoms with Crippen LogP contribution in [0.25, 0.3) is 11.3 Å². The van der Waals surface area contributed by atoms with E-state index < -0.39 is 0 Å². The molecule has 7 heteroatoms. The van der Waals surface area contributed by atoms with E-state index in [1.807, 2.05) is 31.2 Å². The second-order valence-corrected chi connectivity index (χ2v) is 7.60. The number of aromatic nitrogens is 1. The van der Waals surface area contributed by atoms with Crippen LogP contribution < -0.4 is 10.6 Å².